The summed E-state index contributed by atoms with van der Waals surface area (Å²) < 4.78 is 13.7. The molecule has 0 bridgehead atoms. The smallest absolute Gasteiger partial charge is 0.311 e. The largest absolute Gasteiger partial charge is 0.481 e. The standard InChI is InChI=1S/C15H11BrClFO2/c16-11-4-1-10(14(17)8-11)7-13(15(19)20)9-2-5-12(18)6-3-9/h1-6,8,13H,7H2,(H,19,20). The molecule has 0 aliphatic carbocycles. The van der Waals surface area contributed by atoms with Gasteiger partial charge in [-0.3, -0.25) is 4.79 Å². The predicted octanol–water partition coefficient (Wildman–Crippen LogP) is 4.65. The number of carboxylic acids is 1. The van der Waals surface area contributed by atoms with Gasteiger partial charge in [0.15, 0.2) is 0 Å². The van der Waals surface area contributed by atoms with E-state index in [1.54, 1.807) is 12.1 Å². The first-order valence-corrected chi connectivity index (χ1v) is 7.06. The summed E-state index contributed by atoms with van der Waals surface area (Å²) in [6, 6.07) is 10.8. The molecule has 0 aromatic heterocycles. The first-order chi connectivity index (χ1) is 9.47. The van der Waals surface area contributed by atoms with Crippen molar-refractivity contribution in [2.24, 2.45) is 0 Å². The van der Waals surface area contributed by atoms with Gasteiger partial charge in [-0.15, -0.1) is 0 Å². The number of benzene rings is 2. The Bertz CT molecular complexity index is 628. The summed E-state index contributed by atoms with van der Waals surface area (Å²) in [5.74, 6) is -2.11. The summed E-state index contributed by atoms with van der Waals surface area (Å²) in [5, 5.41) is 9.86. The van der Waals surface area contributed by atoms with Crippen LogP contribution in [0.2, 0.25) is 5.02 Å². The van der Waals surface area contributed by atoms with Gasteiger partial charge in [0.05, 0.1) is 5.92 Å². The molecule has 0 spiro atoms. The summed E-state index contributed by atoms with van der Waals surface area (Å²) in [6.45, 7) is 0. The first kappa shape index (κ1) is 15.0. The minimum atomic E-state index is -0.962. The van der Waals surface area contributed by atoms with Crippen molar-refractivity contribution < 1.29 is 14.3 Å². The molecule has 20 heavy (non-hydrogen) atoms. The van der Waals surface area contributed by atoms with Crippen LogP contribution < -0.4 is 0 Å². The first-order valence-electron chi connectivity index (χ1n) is 5.89. The zero-order chi connectivity index (χ0) is 14.7. The second-order valence-electron chi connectivity index (χ2n) is 4.38. The fourth-order valence-corrected chi connectivity index (χ4v) is 2.70. The van der Waals surface area contributed by atoms with Crippen LogP contribution in [0.15, 0.2) is 46.9 Å². The van der Waals surface area contributed by atoms with Crippen LogP contribution in [0, 0.1) is 5.82 Å². The predicted molar refractivity (Wildman–Crippen MR) is 79.6 cm³/mol. The lowest BCUT2D eigenvalue weighted by molar-refractivity contribution is -0.138. The van der Waals surface area contributed by atoms with E-state index in [-0.39, 0.29) is 12.2 Å². The molecular formula is C15H11BrClFO2. The third-order valence-electron chi connectivity index (χ3n) is 3.01. The molecule has 0 heterocycles. The average Bonchev–Trinajstić information content (AvgIpc) is 2.39. The van der Waals surface area contributed by atoms with E-state index in [1.165, 1.54) is 24.3 Å². The molecule has 2 nitrogen and oxygen atoms in total. The maximum atomic E-state index is 12.9. The number of hydrogen-bond donors (Lipinski definition) is 1. The summed E-state index contributed by atoms with van der Waals surface area (Å²) in [6.07, 6.45) is 0.257. The molecule has 2 aromatic rings. The number of carbonyl (C=O) groups is 1. The van der Waals surface area contributed by atoms with Gasteiger partial charge in [0.25, 0.3) is 0 Å². The lowest BCUT2D eigenvalue weighted by Crippen LogP contribution is -2.14. The van der Waals surface area contributed by atoms with E-state index in [1.807, 2.05) is 6.07 Å². The second-order valence-corrected chi connectivity index (χ2v) is 5.71. The fourth-order valence-electron chi connectivity index (χ4n) is 1.95. The van der Waals surface area contributed by atoms with Crippen LogP contribution in [0.3, 0.4) is 0 Å². The number of halogens is 3. The SMILES string of the molecule is O=C(O)C(Cc1ccc(Br)cc1Cl)c1ccc(F)cc1. The van der Waals surface area contributed by atoms with E-state index in [9.17, 15) is 14.3 Å². The van der Waals surface area contributed by atoms with Gasteiger partial charge >= 0.3 is 5.97 Å². The molecule has 0 aliphatic rings. The summed E-state index contributed by atoms with van der Waals surface area (Å²) >= 11 is 9.41. The summed E-state index contributed by atoms with van der Waals surface area (Å²) in [7, 11) is 0. The Morgan fingerprint density at radius 1 is 1.25 bits per heavy atom. The summed E-state index contributed by atoms with van der Waals surface area (Å²) in [5.41, 5.74) is 1.30. The highest BCUT2D eigenvalue weighted by Crippen LogP contribution is 2.28. The zero-order valence-corrected chi connectivity index (χ0v) is 12.7. The van der Waals surface area contributed by atoms with E-state index in [0.717, 1.165) is 10.0 Å². The Kier molecular flexibility index (Phi) is 4.78. The highest BCUT2D eigenvalue weighted by atomic mass is 79.9. The number of carboxylic acid groups (broad SMARTS) is 1. The van der Waals surface area contributed by atoms with Gasteiger partial charge in [-0.25, -0.2) is 4.39 Å². The Labute approximate surface area is 129 Å². The molecule has 1 unspecified atom stereocenters. The van der Waals surface area contributed by atoms with Crippen molar-refractivity contribution in [3.8, 4) is 0 Å². The molecule has 1 atom stereocenters. The van der Waals surface area contributed by atoms with E-state index in [4.69, 9.17) is 11.6 Å². The van der Waals surface area contributed by atoms with Crippen molar-refractivity contribution in [3.05, 3.63) is 68.9 Å². The number of hydrogen-bond acceptors (Lipinski definition) is 1. The fraction of sp³-hybridized carbons (Fsp3) is 0.133. The van der Waals surface area contributed by atoms with Crippen LogP contribution in [0.1, 0.15) is 17.0 Å². The van der Waals surface area contributed by atoms with Crippen molar-refractivity contribution in [1.29, 1.82) is 0 Å². The normalized spacial score (nSPS) is 12.2. The average molecular weight is 358 g/mol. The van der Waals surface area contributed by atoms with Crippen LogP contribution in [0.5, 0.6) is 0 Å². The zero-order valence-electron chi connectivity index (χ0n) is 10.3. The van der Waals surface area contributed by atoms with Gasteiger partial charge in [-0.1, -0.05) is 45.7 Å². The highest BCUT2D eigenvalue weighted by molar-refractivity contribution is 9.10. The quantitative estimate of drug-likeness (QED) is 0.864. The van der Waals surface area contributed by atoms with Crippen molar-refractivity contribution in [3.63, 3.8) is 0 Å². The van der Waals surface area contributed by atoms with E-state index >= 15 is 0 Å². The van der Waals surface area contributed by atoms with Gasteiger partial charge in [-0.05, 0) is 41.8 Å². The Morgan fingerprint density at radius 2 is 1.90 bits per heavy atom. The van der Waals surface area contributed by atoms with Gasteiger partial charge in [0.1, 0.15) is 5.82 Å². The van der Waals surface area contributed by atoms with Crippen LogP contribution in [0.4, 0.5) is 4.39 Å². The lowest BCUT2D eigenvalue weighted by atomic mass is 9.92. The third kappa shape index (κ3) is 3.58. The number of aliphatic carboxylic acids is 1. The topological polar surface area (TPSA) is 37.3 Å². The third-order valence-corrected chi connectivity index (χ3v) is 3.85. The molecule has 0 saturated carbocycles. The van der Waals surface area contributed by atoms with Gasteiger partial charge < -0.3 is 5.11 Å². The number of rotatable bonds is 4. The maximum Gasteiger partial charge on any atom is 0.311 e. The monoisotopic (exact) mass is 356 g/mol. The summed E-state index contributed by atoms with van der Waals surface area (Å²) in [4.78, 5) is 11.4. The van der Waals surface area contributed by atoms with Crippen molar-refractivity contribution in [2.75, 3.05) is 0 Å². The van der Waals surface area contributed by atoms with E-state index < -0.39 is 11.9 Å². The molecule has 5 heteroatoms. The van der Waals surface area contributed by atoms with Crippen LogP contribution in [-0.2, 0) is 11.2 Å². The Morgan fingerprint density at radius 3 is 2.45 bits per heavy atom. The van der Waals surface area contributed by atoms with Crippen molar-refractivity contribution in [2.45, 2.75) is 12.3 Å². The van der Waals surface area contributed by atoms with Crippen molar-refractivity contribution in [1.82, 2.24) is 0 Å². The van der Waals surface area contributed by atoms with Gasteiger partial charge in [0, 0.05) is 9.50 Å². The second kappa shape index (κ2) is 6.37. The van der Waals surface area contributed by atoms with Crippen LogP contribution in [0.25, 0.3) is 0 Å². The van der Waals surface area contributed by atoms with Crippen molar-refractivity contribution >= 4 is 33.5 Å². The Hall–Kier alpha value is -1.39. The molecule has 104 valence electrons. The molecule has 0 saturated heterocycles. The van der Waals surface area contributed by atoms with Gasteiger partial charge in [-0.2, -0.15) is 0 Å². The van der Waals surface area contributed by atoms with E-state index in [2.05, 4.69) is 15.9 Å². The molecule has 0 aliphatic heterocycles. The minimum absolute atomic E-state index is 0.257. The molecule has 0 radical (unpaired) electrons. The molecule has 1 N–H and O–H groups in total. The Balaban J connectivity index is 2.30. The van der Waals surface area contributed by atoms with Crippen LogP contribution in [-0.4, -0.2) is 11.1 Å². The minimum Gasteiger partial charge on any atom is -0.481 e. The van der Waals surface area contributed by atoms with E-state index in [0.29, 0.717) is 10.6 Å². The molecule has 2 aromatic carbocycles. The van der Waals surface area contributed by atoms with Crippen LogP contribution >= 0.6 is 27.5 Å². The lowest BCUT2D eigenvalue weighted by Gasteiger charge is -2.14. The molecule has 2 rings (SSSR count). The molecule has 0 amide bonds. The van der Waals surface area contributed by atoms with Gasteiger partial charge in [0.2, 0.25) is 0 Å². The molecular weight excluding hydrogens is 347 g/mol. The molecule has 0 fully saturated rings. The highest BCUT2D eigenvalue weighted by Gasteiger charge is 2.21. The maximum absolute atomic E-state index is 12.9.